The van der Waals surface area contributed by atoms with Crippen molar-refractivity contribution in [3.63, 3.8) is 0 Å². The fourth-order valence-electron chi connectivity index (χ4n) is 2.21. The molecule has 0 saturated heterocycles. The quantitative estimate of drug-likeness (QED) is 0.579. The molecule has 0 radical (unpaired) electrons. The van der Waals surface area contributed by atoms with Crippen LogP contribution in [0.4, 0.5) is 0 Å². The number of nitrogens with zero attached hydrogens (tertiary/aromatic N) is 1. The highest BCUT2D eigenvalue weighted by Gasteiger charge is 2.30. The molecule has 16 heavy (non-hydrogen) atoms. The molecular weight excluding hydrogens is 249 g/mol. The smallest absolute Gasteiger partial charge is 0.339 e. The zero-order valence-corrected chi connectivity index (χ0v) is 11.3. The lowest BCUT2D eigenvalue weighted by Gasteiger charge is -2.33. The molecule has 1 aliphatic carbocycles. The van der Waals surface area contributed by atoms with Gasteiger partial charge < -0.3 is 9.64 Å². The van der Waals surface area contributed by atoms with Crippen molar-refractivity contribution in [2.45, 2.75) is 36.6 Å². The molecule has 2 atom stereocenters. The summed E-state index contributed by atoms with van der Waals surface area (Å²) >= 11 is 11.0. The predicted molar refractivity (Wildman–Crippen MR) is 65.9 cm³/mol. The number of hydrogen-bond donors (Lipinski definition) is 0. The van der Waals surface area contributed by atoms with Gasteiger partial charge in [0, 0.05) is 12.5 Å². The van der Waals surface area contributed by atoms with Gasteiger partial charge in [0.05, 0.1) is 0 Å². The summed E-state index contributed by atoms with van der Waals surface area (Å²) in [6.07, 6.45) is 4.31. The van der Waals surface area contributed by atoms with Crippen LogP contribution in [-0.4, -0.2) is 42.4 Å². The molecule has 0 aromatic rings. The fraction of sp³-hybridized carbons (Fsp3) is 0.909. The first kappa shape index (κ1) is 14.1. The summed E-state index contributed by atoms with van der Waals surface area (Å²) in [4.78, 5) is 12.4. The number of halogens is 2. The second-order valence-corrected chi connectivity index (χ2v) is 5.68. The highest BCUT2D eigenvalue weighted by Crippen LogP contribution is 2.28. The van der Waals surface area contributed by atoms with Crippen LogP contribution in [0.3, 0.4) is 0 Å². The Hall–Kier alpha value is 0.01000. The largest absolute Gasteiger partial charge is 0.460 e. The van der Waals surface area contributed by atoms with Crippen LogP contribution in [0.1, 0.15) is 25.7 Å². The SMILES string of the molecule is CN(C)C[C@@H]1CCCC[C@@H]1OC(=O)C(Cl)Cl. The molecule has 1 fully saturated rings. The normalized spacial score (nSPS) is 26.1. The van der Waals surface area contributed by atoms with E-state index in [0.29, 0.717) is 5.92 Å². The molecule has 3 nitrogen and oxygen atoms in total. The molecular formula is C11H19Cl2NO2. The summed E-state index contributed by atoms with van der Waals surface area (Å²) in [7, 11) is 4.05. The third-order valence-electron chi connectivity index (χ3n) is 2.88. The van der Waals surface area contributed by atoms with Crippen LogP contribution in [0.5, 0.6) is 0 Å². The highest BCUT2D eigenvalue weighted by molar-refractivity contribution is 6.52. The van der Waals surface area contributed by atoms with Gasteiger partial charge in [-0.25, -0.2) is 4.79 Å². The maximum absolute atomic E-state index is 11.3. The number of ether oxygens (including phenoxy) is 1. The van der Waals surface area contributed by atoms with E-state index in [1.807, 2.05) is 14.1 Å². The number of carbonyl (C=O) groups is 1. The van der Waals surface area contributed by atoms with Crippen molar-refractivity contribution in [3.8, 4) is 0 Å². The van der Waals surface area contributed by atoms with E-state index in [0.717, 1.165) is 25.8 Å². The van der Waals surface area contributed by atoms with Crippen molar-refractivity contribution in [1.82, 2.24) is 4.90 Å². The van der Waals surface area contributed by atoms with Gasteiger partial charge in [-0.15, -0.1) is 0 Å². The monoisotopic (exact) mass is 267 g/mol. The van der Waals surface area contributed by atoms with E-state index in [-0.39, 0.29) is 6.10 Å². The Kier molecular flexibility index (Phi) is 5.87. The molecule has 94 valence electrons. The Morgan fingerprint density at radius 1 is 1.38 bits per heavy atom. The van der Waals surface area contributed by atoms with Crippen LogP contribution in [0.25, 0.3) is 0 Å². The topological polar surface area (TPSA) is 29.5 Å². The van der Waals surface area contributed by atoms with E-state index in [4.69, 9.17) is 27.9 Å². The van der Waals surface area contributed by atoms with E-state index < -0.39 is 10.8 Å². The van der Waals surface area contributed by atoms with Crippen molar-refractivity contribution < 1.29 is 9.53 Å². The second kappa shape index (κ2) is 6.67. The Morgan fingerprint density at radius 2 is 2.00 bits per heavy atom. The summed E-state index contributed by atoms with van der Waals surface area (Å²) in [6.45, 7) is 0.938. The van der Waals surface area contributed by atoms with Crippen molar-refractivity contribution in [1.29, 1.82) is 0 Å². The van der Waals surface area contributed by atoms with Gasteiger partial charge >= 0.3 is 5.97 Å². The first-order chi connectivity index (χ1) is 7.50. The summed E-state index contributed by atoms with van der Waals surface area (Å²) in [5.41, 5.74) is 0. The zero-order valence-electron chi connectivity index (χ0n) is 9.79. The summed E-state index contributed by atoms with van der Waals surface area (Å²) in [6, 6.07) is 0. The second-order valence-electron chi connectivity index (χ2n) is 4.58. The number of alkyl halides is 2. The minimum absolute atomic E-state index is 0.0244. The lowest BCUT2D eigenvalue weighted by Crippen LogP contribution is -2.37. The molecule has 1 rings (SSSR count). The van der Waals surface area contributed by atoms with Crippen LogP contribution >= 0.6 is 23.2 Å². The molecule has 0 N–H and O–H groups in total. The standard InChI is InChI=1S/C11H19Cl2NO2/c1-14(2)7-8-5-3-4-6-9(8)16-11(15)10(12)13/h8-10H,3-7H2,1-2H3/t8-,9-/m0/s1. The maximum Gasteiger partial charge on any atom is 0.339 e. The van der Waals surface area contributed by atoms with Gasteiger partial charge in [0.1, 0.15) is 6.10 Å². The highest BCUT2D eigenvalue weighted by atomic mass is 35.5. The Balaban J connectivity index is 2.49. The van der Waals surface area contributed by atoms with Crippen LogP contribution in [0.15, 0.2) is 0 Å². The lowest BCUT2D eigenvalue weighted by molar-refractivity contribution is -0.151. The van der Waals surface area contributed by atoms with Gasteiger partial charge in [0.15, 0.2) is 0 Å². The third-order valence-corrected chi connectivity index (χ3v) is 3.24. The number of rotatable bonds is 4. The van der Waals surface area contributed by atoms with E-state index in [2.05, 4.69) is 4.90 Å². The first-order valence-corrected chi connectivity index (χ1v) is 6.51. The van der Waals surface area contributed by atoms with Crippen LogP contribution in [0, 0.1) is 5.92 Å². The molecule has 0 aliphatic heterocycles. The zero-order chi connectivity index (χ0) is 12.1. The Bertz CT molecular complexity index is 234. The predicted octanol–water partition coefficient (Wildman–Crippen LogP) is 2.45. The molecule has 0 unspecified atom stereocenters. The number of carbonyl (C=O) groups excluding carboxylic acids is 1. The van der Waals surface area contributed by atoms with Gasteiger partial charge in [0.2, 0.25) is 4.84 Å². The number of hydrogen-bond acceptors (Lipinski definition) is 3. The van der Waals surface area contributed by atoms with Crippen molar-refractivity contribution in [2.75, 3.05) is 20.6 Å². The lowest BCUT2D eigenvalue weighted by atomic mass is 9.86. The fourth-order valence-corrected chi connectivity index (χ4v) is 2.31. The van der Waals surface area contributed by atoms with Crippen molar-refractivity contribution in [3.05, 3.63) is 0 Å². The van der Waals surface area contributed by atoms with Gasteiger partial charge in [-0.2, -0.15) is 0 Å². The third kappa shape index (κ3) is 4.48. The van der Waals surface area contributed by atoms with Gasteiger partial charge in [0.25, 0.3) is 0 Å². The first-order valence-electron chi connectivity index (χ1n) is 5.64. The minimum Gasteiger partial charge on any atom is -0.460 e. The van der Waals surface area contributed by atoms with E-state index in [9.17, 15) is 4.79 Å². The van der Waals surface area contributed by atoms with Gasteiger partial charge in [-0.05, 0) is 33.4 Å². The molecule has 0 heterocycles. The average molecular weight is 268 g/mol. The molecule has 0 bridgehead atoms. The van der Waals surface area contributed by atoms with E-state index in [1.165, 1.54) is 6.42 Å². The summed E-state index contributed by atoms with van der Waals surface area (Å²) in [5.74, 6) is -0.112. The molecule has 0 amide bonds. The summed E-state index contributed by atoms with van der Waals surface area (Å²) < 4.78 is 5.34. The average Bonchev–Trinajstić information content (AvgIpc) is 2.20. The minimum atomic E-state index is -1.07. The van der Waals surface area contributed by atoms with Gasteiger partial charge in [-0.1, -0.05) is 29.6 Å². The van der Waals surface area contributed by atoms with E-state index >= 15 is 0 Å². The van der Waals surface area contributed by atoms with E-state index in [1.54, 1.807) is 0 Å². The van der Waals surface area contributed by atoms with Crippen LogP contribution in [0.2, 0.25) is 0 Å². The van der Waals surface area contributed by atoms with Crippen molar-refractivity contribution in [2.24, 2.45) is 5.92 Å². The molecule has 5 heteroatoms. The van der Waals surface area contributed by atoms with Crippen LogP contribution in [-0.2, 0) is 9.53 Å². The molecule has 0 aromatic heterocycles. The number of esters is 1. The summed E-state index contributed by atoms with van der Waals surface area (Å²) in [5, 5.41) is 0. The molecule has 1 saturated carbocycles. The molecule has 0 spiro atoms. The van der Waals surface area contributed by atoms with Crippen LogP contribution < -0.4 is 0 Å². The Morgan fingerprint density at radius 3 is 2.56 bits per heavy atom. The Labute approximate surface area is 107 Å². The van der Waals surface area contributed by atoms with Gasteiger partial charge in [-0.3, -0.25) is 0 Å². The maximum atomic E-state index is 11.3. The molecule has 1 aliphatic rings. The molecule has 0 aromatic carbocycles. The van der Waals surface area contributed by atoms with Crippen molar-refractivity contribution >= 4 is 29.2 Å².